The van der Waals surface area contributed by atoms with Crippen LogP contribution in [-0.4, -0.2) is 47.1 Å². The summed E-state index contributed by atoms with van der Waals surface area (Å²) >= 11 is 7.38. The van der Waals surface area contributed by atoms with E-state index in [0.717, 1.165) is 18.0 Å². The summed E-state index contributed by atoms with van der Waals surface area (Å²) in [6, 6.07) is 0.627. The van der Waals surface area contributed by atoms with Gasteiger partial charge in [-0.2, -0.15) is 13.2 Å². The number of anilines is 2. The molecule has 2 aromatic rings. The van der Waals surface area contributed by atoms with Crippen molar-refractivity contribution in [1.29, 1.82) is 0 Å². The van der Waals surface area contributed by atoms with Gasteiger partial charge in [-0.1, -0.05) is 25.4 Å². The van der Waals surface area contributed by atoms with Gasteiger partial charge in [-0.25, -0.2) is 14.8 Å². The number of carbonyl (C=O) groups is 1. The highest BCUT2D eigenvalue weighted by molar-refractivity contribution is 7.13. The monoisotopic (exact) mass is 449 g/mol. The standard InChI is InChI=1S/C16H17ClF3N5OS.C2H6/c1-10-9-27-14(22-10)23-15(26)25-4-2-3-24(5-6-25)13-12(17)7-11(8-21-13)16(18,19)20;1-2/h7-9H,2-6H2,1H3,(H,22,23,26);1-2H3. The fraction of sp³-hybridized carbons (Fsp3) is 0.500. The quantitative estimate of drug-likeness (QED) is 0.676. The van der Waals surface area contributed by atoms with Crippen LogP contribution >= 0.6 is 22.9 Å². The number of hydrogen-bond acceptors (Lipinski definition) is 5. The minimum absolute atomic E-state index is 0.0546. The molecular weight excluding hydrogens is 427 g/mol. The van der Waals surface area contributed by atoms with Crippen molar-refractivity contribution >= 4 is 39.9 Å². The van der Waals surface area contributed by atoms with Crippen molar-refractivity contribution in [3.63, 3.8) is 0 Å². The summed E-state index contributed by atoms with van der Waals surface area (Å²) in [7, 11) is 0. The average molecular weight is 450 g/mol. The van der Waals surface area contributed by atoms with Gasteiger partial charge in [-0.05, 0) is 19.4 Å². The zero-order valence-electron chi connectivity index (χ0n) is 16.4. The number of halogens is 4. The first kappa shape index (κ1) is 23.2. The highest BCUT2D eigenvalue weighted by Gasteiger charge is 2.32. The Bertz CT molecular complexity index is 830. The van der Waals surface area contributed by atoms with E-state index >= 15 is 0 Å². The summed E-state index contributed by atoms with van der Waals surface area (Å²) in [5, 5.41) is 5.08. The topological polar surface area (TPSA) is 61.4 Å². The second-order valence-electron chi connectivity index (χ2n) is 6.08. The highest BCUT2D eigenvalue weighted by Crippen LogP contribution is 2.33. The van der Waals surface area contributed by atoms with E-state index in [-0.39, 0.29) is 11.1 Å². The number of carbonyl (C=O) groups excluding carboxylic acids is 1. The summed E-state index contributed by atoms with van der Waals surface area (Å²) in [6.07, 6.45) is -3.07. The van der Waals surface area contributed by atoms with Crippen molar-refractivity contribution < 1.29 is 18.0 Å². The number of pyridine rings is 1. The molecule has 1 aliphatic rings. The lowest BCUT2D eigenvalue weighted by molar-refractivity contribution is -0.137. The van der Waals surface area contributed by atoms with Crippen LogP contribution in [0, 0.1) is 6.92 Å². The van der Waals surface area contributed by atoms with Crippen LogP contribution in [0.4, 0.5) is 28.9 Å². The van der Waals surface area contributed by atoms with Crippen molar-refractivity contribution in [2.75, 3.05) is 36.4 Å². The van der Waals surface area contributed by atoms with Crippen molar-refractivity contribution in [2.45, 2.75) is 33.4 Å². The summed E-state index contributed by atoms with van der Waals surface area (Å²) in [5.74, 6) is 0.294. The fourth-order valence-electron chi connectivity index (χ4n) is 2.73. The van der Waals surface area contributed by atoms with E-state index in [1.807, 2.05) is 26.2 Å². The number of urea groups is 1. The summed E-state index contributed by atoms with van der Waals surface area (Å²) in [4.78, 5) is 23.9. The predicted octanol–water partition coefficient (Wildman–Crippen LogP) is 5.29. The van der Waals surface area contributed by atoms with Gasteiger partial charge in [0.1, 0.15) is 5.82 Å². The third-order valence-corrected chi connectivity index (χ3v) is 5.22. The van der Waals surface area contributed by atoms with Crippen molar-refractivity contribution in [1.82, 2.24) is 14.9 Å². The van der Waals surface area contributed by atoms with Crippen LogP contribution < -0.4 is 10.2 Å². The van der Waals surface area contributed by atoms with Crippen LogP contribution in [0.1, 0.15) is 31.5 Å². The lowest BCUT2D eigenvalue weighted by atomic mass is 10.2. The van der Waals surface area contributed by atoms with Crippen molar-refractivity contribution in [3.05, 3.63) is 33.9 Å². The largest absolute Gasteiger partial charge is 0.417 e. The van der Waals surface area contributed by atoms with Crippen LogP contribution in [0.25, 0.3) is 0 Å². The van der Waals surface area contributed by atoms with Crippen molar-refractivity contribution in [3.8, 4) is 0 Å². The molecule has 3 rings (SSSR count). The van der Waals surface area contributed by atoms with E-state index in [4.69, 9.17) is 11.6 Å². The molecule has 11 heteroatoms. The van der Waals surface area contributed by atoms with Gasteiger partial charge >= 0.3 is 12.2 Å². The van der Waals surface area contributed by atoms with E-state index < -0.39 is 11.7 Å². The molecule has 0 aliphatic carbocycles. The second-order valence-corrected chi connectivity index (χ2v) is 7.34. The maximum atomic E-state index is 12.8. The number of hydrogen-bond donors (Lipinski definition) is 1. The predicted molar refractivity (Wildman–Crippen MR) is 110 cm³/mol. The number of nitrogens with zero attached hydrogens (tertiary/aromatic N) is 4. The van der Waals surface area contributed by atoms with Gasteiger partial charge in [0.25, 0.3) is 0 Å². The molecule has 1 aliphatic heterocycles. The molecule has 0 unspecified atom stereocenters. The van der Waals surface area contributed by atoms with Crippen LogP contribution in [0.5, 0.6) is 0 Å². The Kier molecular flexibility index (Phi) is 8.09. The third-order valence-electron chi connectivity index (χ3n) is 4.06. The van der Waals surface area contributed by atoms with E-state index in [1.165, 1.54) is 11.3 Å². The molecule has 1 saturated heterocycles. The summed E-state index contributed by atoms with van der Waals surface area (Å²) < 4.78 is 38.3. The van der Waals surface area contributed by atoms with E-state index in [2.05, 4.69) is 15.3 Å². The Balaban J connectivity index is 0.00000145. The van der Waals surface area contributed by atoms with Crippen LogP contribution in [0.15, 0.2) is 17.6 Å². The first-order chi connectivity index (χ1) is 13.7. The van der Waals surface area contributed by atoms with E-state index in [9.17, 15) is 18.0 Å². The second kappa shape index (κ2) is 10.1. The number of aryl methyl sites for hydroxylation is 1. The Morgan fingerprint density at radius 1 is 1.24 bits per heavy atom. The lowest BCUT2D eigenvalue weighted by Gasteiger charge is -2.24. The minimum Gasteiger partial charge on any atom is -0.354 e. The Morgan fingerprint density at radius 3 is 2.55 bits per heavy atom. The maximum Gasteiger partial charge on any atom is 0.417 e. The normalized spacial score (nSPS) is 14.7. The third kappa shape index (κ3) is 6.20. The number of alkyl halides is 3. The van der Waals surface area contributed by atoms with Gasteiger partial charge in [0.2, 0.25) is 0 Å². The Labute approximate surface area is 176 Å². The molecule has 0 saturated carbocycles. The molecule has 160 valence electrons. The molecular formula is C18H23ClF3N5OS. The van der Waals surface area contributed by atoms with Crippen LogP contribution in [0.2, 0.25) is 5.02 Å². The van der Waals surface area contributed by atoms with E-state index in [1.54, 1.807) is 9.80 Å². The molecule has 0 bridgehead atoms. The average Bonchev–Trinajstić information content (AvgIpc) is 2.93. The molecule has 0 radical (unpaired) electrons. The Morgan fingerprint density at radius 2 is 1.97 bits per heavy atom. The number of nitrogens with one attached hydrogen (secondary N) is 1. The number of thiazole rings is 1. The van der Waals surface area contributed by atoms with Crippen LogP contribution in [0.3, 0.4) is 0 Å². The minimum atomic E-state index is -4.49. The molecule has 2 aromatic heterocycles. The fourth-order valence-corrected chi connectivity index (χ4v) is 3.70. The molecule has 6 nitrogen and oxygen atoms in total. The van der Waals surface area contributed by atoms with Gasteiger partial charge in [-0.3, -0.25) is 5.32 Å². The zero-order chi connectivity index (χ0) is 21.6. The SMILES string of the molecule is CC.Cc1csc(NC(=O)N2CCCN(c3ncc(C(F)(F)F)cc3Cl)CC2)n1. The molecule has 1 fully saturated rings. The molecule has 1 N–H and O–H groups in total. The van der Waals surface area contributed by atoms with Gasteiger partial charge in [0.05, 0.1) is 16.3 Å². The Hall–Kier alpha value is -2.07. The smallest absolute Gasteiger partial charge is 0.354 e. The molecule has 0 spiro atoms. The van der Waals surface area contributed by atoms with Gasteiger partial charge in [0.15, 0.2) is 5.13 Å². The van der Waals surface area contributed by atoms with Gasteiger partial charge in [0, 0.05) is 37.8 Å². The lowest BCUT2D eigenvalue weighted by Crippen LogP contribution is -2.38. The van der Waals surface area contributed by atoms with Gasteiger partial charge in [-0.15, -0.1) is 11.3 Å². The van der Waals surface area contributed by atoms with Crippen molar-refractivity contribution in [2.24, 2.45) is 0 Å². The summed E-state index contributed by atoms with van der Waals surface area (Å²) in [6.45, 7) is 7.72. The first-order valence-electron chi connectivity index (χ1n) is 9.20. The number of rotatable bonds is 2. The highest BCUT2D eigenvalue weighted by atomic mass is 35.5. The molecule has 3 heterocycles. The first-order valence-corrected chi connectivity index (χ1v) is 10.5. The number of aromatic nitrogens is 2. The molecule has 0 atom stereocenters. The van der Waals surface area contributed by atoms with Crippen LogP contribution in [-0.2, 0) is 6.18 Å². The van der Waals surface area contributed by atoms with Gasteiger partial charge < -0.3 is 9.80 Å². The zero-order valence-corrected chi connectivity index (χ0v) is 18.0. The maximum absolute atomic E-state index is 12.8. The molecule has 0 aromatic carbocycles. The molecule has 29 heavy (non-hydrogen) atoms. The number of amides is 2. The summed E-state index contributed by atoms with van der Waals surface area (Å²) in [5.41, 5.74) is -0.0498. The molecule has 2 amide bonds. The van der Waals surface area contributed by atoms with E-state index in [0.29, 0.717) is 43.5 Å².